The number of hydrogen-bond acceptors (Lipinski definition) is 3. The van der Waals surface area contributed by atoms with Crippen molar-refractivity contribution in [1.82, 2.24) is 4.72 Å². The van der Waals surface area contributed by atoms with Gasteiger partial charge in [-0.2, -0.15) is 0 Å². The molecular formula is C15H15ClFNO3S. The lowest BCUT2D eigenvalue weighted by Crippen LogP contribution is -2.26. The van der Waals surface area contributed by atoms with E-state index >= 15 is 0 Å². The van der Waals surface area contributed by atoms with E-state index in [1.54, 1.807) is 24.3 Å². The SMILES string of the molecule is O=S(=O)(NCC[C@@H](O)c1ccccc1)c1ccc(F)c(Cl)c1. The Balaban J connectivity index is 1.97. The molecule has 0 heterocycles. The van der Waals surface area contributed by atoms with E-state index < -0.39 is 21.9 Å². The number of rotatable bonds is 6. The van der Waals surface area contributed by atoms with Crippen LogP contribution in [0, 0.1) is 5.82 Å². The van der Waals surface area contributed by atoms with Gasteiger partial charge in [0.15, 0.2) is 0 Å². The maximum absolute atomic E-state index is 13.1. The Hall–Kier alpha value is -1.47. The minimum absolute atomic E-state index is 0.0490. The fraction of sp³-hybridized carbons (Fsp3) is 0.200. The second-order valence-corrected chi connectivity index (χ2v) is 6.86. The quantitative estimate of drug-likeness (QED) is 0.847. The van der Waals surface area contributed by atoms with Crippen molar-refractivity contribution in [3.8, 4) is 0 Å². The fourth-order valence-electron chi connectivity index (χ4n) is 1.90. The molecule has 2 aromatic rings. The van der Waals surface area contributed by atoms with Gasteiger partial charge < -0.3 is 5.11 Å². The van der Waals surface area contributed by atoms with Gasteiger partial charge in [-0.1, -0.05) is 41.9 Å². The van der Waals surface area contributed by atoms with Crippen molar-refractivity contribution < 1.29 is 17.9 Å². The maximum atomic E-state index is 13.1. The van der Waals surface area contributed by atoms with Gasteiger partial charge in [0.05, 0.1) is 16.0 Å². The van der Waals surface area contributed by atoms with Crippen LogP contribution in [0.2, 0.25) is 5.02 Å². The van der Waals surface area contributed by atoms with E-state index in [-0.39, 0.29) is 22.9 Å². The Morgan fingerprint density at radius 3 is 2.50 bits per heavy atom. The summed E-state index contributed by atoms with van der Waals surface area (Å²) in [6, 6.07) is 12.1. The van der Waals surface area contributed by atoms with Crippen LogP contribution < -0.4 is 4.72 Å². The molecule has 0 aromatic heterocycles. The maximum Gasteiger partial charge on any atom is 0.240 e. The number of sulfonamides is 1. The van der Waals surface area contributed by atoms with Crippen LogP contribution in [0.3, 0.4) is 0 Å². The van der Waals surface area contributed by atoms with Gasteiger partial charge in [0, 0.05) is 6.54 Å². The van der Waals surface area contributed by atoms with Gasteiger partial charge in [-0.15, -0.1) is 0 Å². The zero-order valence-electron chi connectivity index (χ0n) is 11.5. The molecule has 0 aliphatic rings. The van der Waals surface area contributed by atoms with Gasteiger partial charge in [0.2, 0.25) is 10.0 Å². The van der Waals surface area contributed by atoms with E-state index in [0.717, 1.165) is 18.2 Å². The molecule has 0 aliphatic carbocycles. The first-order valence-corrected chi connectivity index (χ1v) is 8.44. The molecule has 2 rings (SSSR count). The predicted octanol–water partition coefficient (Wildman–Crippen LogP) is 2.88. The predicted molar refractivity (Wildman–Crippen MR) is 82.6 cm³/mol. The number of nitrogens with one attached hydrogen (secondary N) is 1. The fourth-order valence-corrected chi connectivity index (χ4v) is 3.22. The first-order valence-electron chi connectivity index (χ1n) is 6.58. The average molecular weight is 344 g/mol. The second-order valence-electron chi connectivity index (χ2n) is 4.69. The van der Waals surface area contributed by atoms with Crippen LogP contribution in [0.1, 0.15) is 18.1 Å². The molecule has 0 unspecified atom stereocenters. The van der Waals surface area contributed by atoms with Gasteiger partial charge in [-0.25, -0.2) is 17.5 Å². The standard InChI is InChI=1S/C15H15ClFNO3S/c16-13-10-12(6-7-14(13)17)22(20,21)18-9-8-15(19)11-4-2-1-3-5-11/h1-7,10,15,18-19H,8-9H2/t15-/m1/s1. The molecule has 7 heteroatoms. The summed E-state index contributed by atoms with van der Waals surface area (Å²) in [5, 5.41) is 9.71. The van der Waals surface area contributed by atoms with E-state index in [2.05, 4.69) is 4.72 Å². The van der Waals surface area contributed by atoms with Crippen molar-refractivity contribution in [3.63, 3.8) is 0 Å². The third-order valence-electron chi connectivity index (χ3n) is 3.10. The Kier molecular flexibility index (Phi) is 5.52. The summed E-state index contributed by atoms with van der Waals surface area (Å²) in [6.07, 6.45) is -0.543. The second kappa shape index (κ2) is 7.19. The van der Waals surface area contributed by atoms with Crippen LogP contribution in [-0.2, 0) is 10.0 Å². The minimum Gasteiger partial charge on any atom is -0.388 e. The Labute approximate surface area is 133 Å². The Bertz CT molecular complexity index is 738. The van der Waals surface area contributed by atoms with Gasteiger partial charge in [0.25, 0.3) is 0 Å². The molecule has 1 atom stereocenters. The lowest BCUT2D eigenvalue weighted by Gasteiger charge is -2.12. The average Bonchev–Trinajstić information content (AvgIpc) is 2.50. The van der Waals surface area contributed by atoms with Gasteiger partial charge in [-0.3, -0.25) is 0 Å². The summed E-state index contributed by atoms with van der Waals surface area (Å²) < 4.78 is 39.5. The lowest BCUT2D eigenvalue weighted by molar-refractivity contribution is 0.169. The van der Waals surface area contributed by atoms with Crippen molar-refractivity contribution in [2.45, 2.75) is 17.4 Å². The molecule has 0 radical (unpaired) electrons. The van der Waals surface area contributed by atoms with Crippen LogP contribution in [0.25, 0.3) is 0 Å². The van der Waals surface area contributed by atoms with Gasteiger partial charge in [-0.05, 0) is 30.2 Å². The number of aliphatic hydroxyl groups excluding tert-OH is 1. The van der Waals surface area contributed by atoms with E-state index in [4.69, 9.17) is 11.6 Å². The molecule has 0 spiro atoms. The molecule has 0 saturated carbocycles. The lowest BCUT2D eigenvalue weighted by atomic mass is 10.1. The van der Waals surface area contributed by atoms with Crippen LogP contribution in [0.4, 0.5) is 4.39 Å². The first-order chi connectivity index (χ1) is 10.4. The molecule has 118 valence electrons. The zero-order valence-corrected chi connectivity index (χ0v) is 13.1. The van der Waals surface area contributed by atoms with Gasteiger partial charge >= 0.3 is 0 Å². The Morgan fingerprint density at radius 1 is 1.18 bits per heavy atom. The summed E-state index contributed by atoms with van der Waals surface area (Å²) in [5.41, 5.74) is 0.714. The molecule has 0 fully saturated rings. The molecule has 0 aliphatic heterocycles. The highest BCUT2D eigenvalue weighted by Gasteiger charge is 2.16. The van der Waals surface area contributed by atoms with Crippen molar-refractivity contribution in [2.75, 3.05) is 6.54 Å². The van der Waals surface area contributed by atoms with Crippen molar-refractivity contribution in [1.29, 1.82) is 0 Å². The molecule has 2 aromatic carbocycles. The highest BCUT2D eigenvalue weighted by Crippen LogP contribution is 2.20. The van der Waals surface area contributed by atoms with Crippen LogP contribution in [-0.4, -0.2) is 20.1 Å². The summed E-state index contributed by atoms with van der Waals surface area (Å²) >= 11 is 5.58. The highest BCUT2D eigenvalue weighted by atomic mass is 35.5. The van der Waals surface area contributed by atoms with E-state index in [1.165, 1.54) is 0 Å². The van der Waals surface area contributed by atoms with E-state index in [0.29, 0.717) is 5.56 Å². The number of halogens is 2. The van der Waals surface area contributed by atoms with Gasteiger partial charge in [0.1, 0.15) is 5.82 Å². The van der Waals surface area contributed by atoms with Crippen molar-refractivity contribution >= 4 is 21.6 Å². The Morgan fingerprint density at radius 2 is 1.86 bits per heavy atom. The number of hydrogen-bond donors (Lipinski definition) is 2. The summed E-state index contributed by atoms with van der Waals surface area (Å²) in [6.45, 7) is 0.0490. The molecule has 0 amide bonds. The number of benzene rings is 2. The summed E-state index contributed by atoms with van der Waals surface area (Å²) in [4.78, 5) is -0.117. The zero-order chi connectivity index (χ0) is 16.2. The smallest absolute Gasteiger partial charge is 0.240 e. The summed E-state index contributed by atoms with van der Waals surface area (Å²) in [5.74, 6) is -0.680. The topological polar surface area (TPSA) is 66.4 Å². The molecular weight excluding hydrogens is 329 g/mol. The molecule has 22 heavy (non-hydrogen) atoms. The summed E-state index contributed by atoms with van der Waals surface area (Å²) in [7, 11) is -3.79. The van der Waals surface area contributed by atoms with Crippen LogP contribution >= 0.6 is 11.6 Å². The third kappa shape index (κ3) is 4.27. The molecule has 0 bridgehead atoms. The number of aliphatic hydroxyl groups is 1. The van der Waals surface area contributed by atoms with E-state index in [1.807, 2.05) is 6.07 Å². The normalized spacial score (nSPS) is 13.0. The molecule has 0 saturated heterocycles. The van der Waals surface area contributed by atoms with Crippen LogP contribution in [0.5, 0.6) is 0 Å². The van der Waals surface area contributed by atoms with E-state index in [9.17, 15) is 17.9 Å². The molecule has 4 nitrogen and oxygen atoms in total. The first kappa shape index (κ1) is 16.9. The monoisotopic (exact) mass is 343 g/mol. The molecule has 2 N–H and O–H groups in total. The minimum atomic E-state index is -3.79. The highest BCUT2D eigenvalue weighted by molar-refractivity contribution is 7.89. The third-order valence-corrected chi connectivity index (χ3v) is 4.84. The van der Waals surface area contributed by atoms with Crippen molar-refractivity contribution in [2.24, 2.45) is 0 Å². The largest absolute Gasteiger partial charge is 0.388 e. The van der Waals surface area contributed by atoms with Crippen molar-refractivity contribution in [3.05, 3.63) is 64.9 Å². The van der Waals surface area contributed by atoms with Crippen LogP contribution in [0.15, 0.2) is 53.4 Å².